The maximum absolute atomic E-state index is 13.7. The topological polar surface area (TPSA) is 45.2 Å². The van der Waals surface area contributed by atoms with E-state index < -0.39 is 11.7 Å². The number of nitrogens with zero attached hydrogens (tertiary/aromatic N) is 2. The molecule has 0 unspecified atom stereocenters. The van der Waals surface area contributed by atoms with Crippen LogP contribution in [0.1, 0.15) is 35.3 Å². The lowest BCUT2D eigenvalue weighted by atomic mass is 10.1. The molecule has 1 N–H and O–H groups in total. The van der Waals surface area contributed by atoms with Crippen LogP contribution in [0.3, 0.4) is 0 Å². The van der Waals surface area contributed by atoms with E-state index in [1.807, 2.05) is 12.1 Å². The quantitative estimate of drug-likeness (QED) is 0.940. The van der Waals surface area contributed by atoms with E-state index in [1.54, 1.807) is 0 Å². The van der Waals surface area contributed by atoms with Crippen LogP contribution < -0.4 is 5.32 Å². The molecule has 1 aliphatic heterocycles. The number of pyridine rings is 1. The van der Waals surface area contributed by atoms with E-state index in [1.165, 1.54) is 17.8 Å². The van der Waals surface area contributed by atoms with Gasteiger partial charge in [0.1, 0.15) is 0 Å². The zero-order valence-corrected chi connectivity index (χ0v) is 13.3. The molecule has 0 spiro atoms. The number of halogens is 1. The highest BCUT2D eigenvalue weighted by molar-refractivity contribution is 6.04. The third-order valence-corrected chi connectivity index (χ3v) is 3.94. The van der Waals surface area contributed by atoms with Crippen molar-refractivity contribution < 1.29 is 9.18 Å². The summed E-state index contributed by atoms with van der Waals surface area (Å²) in [5.41, 5.74) is 3.11. The van der Waals surface area contributed by atoms with Gasteiger partial charge in [0.15, 0.2) is 5.82 Å². The summed E-state index contributed by atoms with van der Waals surface area (Å²) in [4.78, 5) is 18.3. The zero-order chi connectivity index (χ0) is 16.4. The van der Waals surface area contributed by atoms with E-state index in [0.717, 1.165) is 37.1 Å². The van der Waals surface area contributed by atoms with Crippen molar-refractivity contribution in [2.24, 2.45) is 5.92 Å². The number of fused-ring (bicyclic) bond motifs is 1. The molecule has 0 saturated heterocycles. The summed E-state index contributed by atoms with van der Waals surface area (Å²) in [6.07, 6.45) is 2.46. The summed E-state index contributed by atoms with van der Waals surface area (Å²) in [6, 6.07) is 7.27. The van der Waals surface area contributed by atoms with Crippen molar-refractivity contribution in [3.8, 4) is 0 Å². The number of hydrogen-bond acceptors (Lipinski definition) is 3. The number of anilines is 1. The molecule has 1 aliphatic rings. The lowest BCUT2D eigenvalue weighted by Crippen LogP contribution is -2.21. The van der Waals surface area contributed by atoms with Gasteiger partial charge in [-0.2, -0.15) is 0 Å². The molecule has 0 saturated carbocycles. The fourth-order valence-electron chi connectivity index (χ4n) is 3.00. The van der Waals surface area contributed by atoms with Crippen LogP contribution in [0.5, 0.6) is 0 Å². The van der Waals surface area contributed by atoms with Crippen molar-refractivity contribution >= 4 is 11.6 Å². The van der Waals surface area contributed by atoms with Crippen LogP contribution in [0.25, 0.3) is 0 Å². The summed E-state index contributed by atoms with van der Waals surface area (Å²) in [6.45, 7) is 7.10. The predicted octanol–water partition coefficient (Wildman–Crippen LogP) is 3.44. The number of amides is 1. The van der Waals surface area contributed by atoms with E-state index in [0.29, 0.717) is 5.92 Å². The molecule has 4 nitrogen and oxygen atoms in total. The standard InChI is InChI=1S/C18H20FN3O/c1-12(2)9-22-10-13-4-3-5-17(15(13)11-22)21-18(23)14-6-7-20-8-16(14)19/h3-8,12H,9-11H2,1-2H3,(H,21,23). The Balaban J connectivity index is 1.80. The average molecular weight is 313 g/mol. The number of hydrogen-bond donors (Lipinski definition) is 1. The highest BCUT2D eigenvalue weighted by Crippen LogP contribution is 2.30. The third-order valence-electron chi connectivity index (χ3n) is 3.94. The molecule has 0 fully saturated rings. The molecule has 1 aromatic carbocycles. The monoisotopic (exact) mass is 313 g/mol. The first-order chi connectivity index (χ1) is 11.0. The number of benzene rings is 1. The minimum absolute atomic E-state index is 0.00892. The molecule has 0 atom stereocenters. The maximum atomic E-state index is 13.7. The summed E-state index contributed by atoms with van der Waals surface area (Å²) in [5.74, 6) is -0.465. The van der Waals surface area contributed by atoms with Gasteiger partial charge in [0.2, 0.25) is 0 Å². The van der Waals surface area contributed by atoms with Gasteiger partial charge in [0.25, 0.3) is 5.91 Å². The molecule has 0 bridgehead atoms. The lowest BCUT2D eigenvalue weighted by Gasteiger charge is -2.17. The van der Waals surface area contributed by atoms with Crippen LogP contribution >= 0.6 is 0 Å². The van der Waals surface area contributed by atoms with Crippen LogP contribution in [-0.2, 0) is 13.1 Å². The average Bonchev–Trinajstić information content (AvgIpc) is 2.90. The number of carbonyl (C=O) groups excluding carboxylic acids is 1. The van der Waals surface area contributed by atoms with Gasteiger partial charge in [-0.3, -0.25) is 14.7 Å². The van der Waals surface area contributed by atoms with Crippen molar-refractivity contribution in [1.29, 1.82) is 0 Å². The predicted molar refractivity (Wildman–Crippen MR) is 87.5 cm³/mol. The first-order valence-electron chi connectivity index (χ1n) is 7.78. The molecule has 1 aromatic heterocycles. The van der Waals surface area contributed by atoms with E-state index in [4.69, 9.17) is 0 Å². The fraction of sp³-hybridized carbons (Fsp3) is 0.333. The highest BCUT2D eigenvalue weighted by Gasteiger charge is 2.23. The van der Waals surface area contributed by atoms with E-state index in [2.05, 4.69) is 35.1 Å². The molecule has 0 radical (unpaired) electrons. The van der Waals surface area contributed by atoms with Crippen LogP contribution in [0.4, 0.5) is 10.1 Å². The Bertz CT molecular complexity index is 730. The van der Waals surface area contributed by atoms with Gasteiger partial charge in [-0.05, 0) is 29.2 Å². The van der Waals surface area contributed by atoms with Crippen molar-refractivity contribution in [1.82, 2.24) is 9.88 Å². The minimum Gasteiger partial charge on any atom is -0.322 e. The smallest absolute Gasteiger partial charge is 0.258 e. The molecular formula is C18H20FN3O. The van der Waals surface area contributed by atoms with Gasteiger partial charge in [-0.15, -0.1) is 0 Å². The van der Waals surface area contributed by atoms with Gasteiger partial charge in [0.05, 0.1) is 11.8 Å². The molecule has 1 amide bonds. The number of rotatable bonds is 4. The number of aromatic nitrogens is 1. The molecule has 2 heterocycles. The Morgan fingerprint density at radius 2 is 2.17 bits per heavy atom. The van der Waals surface area contributed by atoms with Gasteiger partial charge in [0, 0.05) is 31.5 Å². The Morgan fingerprint density at radius 3 is 2.91 bits per heavy atom. The van der Waals surface area contributed by atoms with Crippen LogP contribution in [0.2, 0.25) is 0 Å². The second-order valence-corrected chi connectivity index (χ2v) is 6.32. The number of carbonyl (C=O) groups is 1. The van der Waals surface area contributed by atoms with Crippen molar-refractivity contribution in [3.05, 3.63) is 59.2 Å². The highest BCUT2D eigenvalue weighted by atomic mass is 19.1. The molecule has 23 heavy (non-hydrogen) atoms. The second-order valence-electron chi connectivity index (χ2n) is 6.32. The largest absolute Gasteiger partial charge is 0.322 e. The normalized spacial score (nSPS) is 14.1. The second kappa shape index (κ2) is 6.46. The summed E-state index contributed by atoms with van der Waals surface area (Å²) < 4.78 is 13.7. The minimum atomic E-state index is -0.612. The molecule has 2 aromatic rings. The van der Waals surface area contributed by atoms with E-state index in [9.17, 15) is 9.18 Å². The first kappa shape index (κ1) is 15.6. The first-order valence-corrected chi connectivity index (χ1v) is 7.78. The summed E-state index contributed by atoms with van der Waals surface area (Å²) >= 11 is 0. The summed E-state index contributed by atoms with van der Waals surface area (Å²) in [7, 11) is 0. The molecular weight excluding hydrogens is 293 g/mol. The molecule has 120 valence electrons. The van der Waals surface area contributed by atoms with Crippen LogP contribution in [0.15, 0.2) is 36.7 Å². The van der Waals surface area contributed by atoms with Crippen LogP contribution in [0, 0.1) is 11.7 Å². The van der Waals surface area contributed by atoms with Gasteiger partial charge in [-0.1, -0.05) is 26.0 Å². The van der Waals surface area contributed by atoms with Crippen molar-refractivity contribution in [2.75, 3.05) is 11.9 Å². The van der Waals surface area contributed by atoms with Gasteiger partial charge >= 0.3 is 0 Å². The maximum Gasteiger partial charge on any atom is 0.258 e. The summed E-state index contributed by atoms with van der Waals surface area (Å²) in [5, 5.41) is 2.84. The van der Waals surface area contributed by atoms with Crippen molar-refractivity contribution in [3.63, 3.8) is 0 Å². The van der Waals surface area contributed by atoms with E-state index >= 15 is 0 Å². The SMILES string of the molecule is CC(C)CN1Cc2cccc(NC(=O)c3ccncc3F)c2C1. The fourth-order valence-corrected chi connectivity index (χ4v) is 3.00. The molecule has 0 aliphatic carbocycles. The van der Waals surface area contributed by atoms with Gasteiger partial charge in [-0.25, -0.2) is 4.39 Å². The number of nitrogens with one attached hydrogen (secondary N) is 1. The van der Waals surface area contributed by atoms with Crippen LogP contribution in [-0.4, -0.2) is 22.3 Å². The Hall–Kier alpha value is -2.27. The Labute approximate surface area is 135 Å². The third kappa shape index (κ3) is 3.40. The Kier molecular flexibility index (Phi) is 4.39. The molecule has 3 rings (SSSR count). The molecule has 5 heteroatoms. The zero-order valence-electron chi connectivity index (χ0n) is 13.3. The van der Waals surface area contributed by atoms with Crippen molar-refractivity contribution in [2.45, 2.75) is 26.9 Å². The Morgan fingerprint density at radius 1 is 1.35 bits per heavy atom. The lowest BCUT2D eigenvalue weighted by molar-refractivity contribution is 0.102. The van der Waals surface area contributed by atoms with E-state index in [-0.39, 0.29) is 5.56 Å². The van der Waals surface area contributed by atoms with Gasteiger partial charge < -0.3 is 5.32 Å².